The molecule has 1 fully saturated rings. The van der Waals surface area contributed by atoms with Crippen LogP contribution in [0.15, 0.2) is 83.2 Å². The van der Waals surface area contributed by atoms with E-state index in [1.165, 1.54) is 4.88 Å². The number of amides is 1. The summed E-state index contributed by atoms with van der Waals surface area (Å²) >= 11 is 3.35. The van der Waals surface area contributed by atoms with Crippen molar-refractivity contribution in [2.45, 2.75) is 11.7 Å². The van der Waals surface area contributed by atoms with Crippen LogP contribution in [0.5, 0.6) is 0 Å². The number of thiophene rings is 1. The molecule has 0 N–H and O–H groups in total. The molecule has 1 amide bonds. The number of anilines is 1. The van der Waals surface area contributed by atoms with Gasteiger partial charge in [0.15, 0.2) is 5.17 Å². The highest BCUT2D eigenvalue weighted by Crippen LogP contribution is 2.42. The second-order valence-electron chi connectivity index (χ2n) is 5.62. The molecular weight excluding hydrogens is 348 g/mol. The Bertz CT molecular complexity index is 877. The Hall–Kier alpha value is -2.37. The summed E-state index contributed by atoms with van der Waals surface area (Å²) in [4.78, 5) is 20.7. The maximum atomic E-state index is 12.9. The van der Waals surface area contributed by atoms with Gasteiger partial charge < -0.3 is 0 Å². The van der Waals surface area contributed by atoms with Crippen molar-refractivity contribution in [1.29, 1.82) is 0 Å². The fourth-order valence-electron chi connectivity index (χ4n) is 2.73. The van der Waals surface area contributed by atoms with Crippen molar-refractivity contribution in [1.82, 2.24) is 0 Å². The van der Waals surface area contributed by atoms with E-state index < -0.39 is 0 Å². The predicted molar refractivity (Wildman–Crippen MR) is 107 cm³/mol. The van der Waals surface area contributed by atoms with Gasteiger partial charge in [-0.05, 0) is 35.7 Å². The highest BCUT2D eigenvalue weighted by atomic mass is 32.2. The number of carbonyl (C=O) groups excluding carboxylic acids is 1. The van der Waals surface area contributed by atoms with Crippen LogP contribution in [0.3, 0.4) is 0 Å². The molecule has 1 aliphatic heterocycles. The molecule has 124 valence electrons. The highest BCUT2D eigenvalue weighted by molar-refractivity contribution is 8.14. The lowest BCUT2D eigenvalue weighted by atomic mass is 10.2. The smallest absolute Gasteiger partial charge is 0.234 e. The van der Waals surface area contributed by atoms with Crippen LogP contribution in [0, 0.1) is 0 Å². The van der Waals surface area contributed by atoms with Crippen molar-refractivity contribution >= 4 is 45.5 Å². The summed E-state index contributed by atoms with van der Waals surface area (Å²) in [5.74, 6) is 0.0815. The SMILES string of the molecule is O=C1CC(c2cccs2)SC(=Nc2ccccc2)N1c1ccccc1. The summed E-state index contributed by atoms with van der Waals surface area (Å²) < 4.78 is 0. The van der Waals surface area contributed by atoms with Crippen molar-refractivity contribution < 1.29 is 4.79 Å². The maximum absolute atomic E-state index is 12.9. The zero-order chi connectivity index (χ0) is 17.1. The molecular formula is C20H16N2OS2. The third-order valence-corrected chi connectivity index (χ3v) is 6.23. The molecule has 3 nitrogen and oxygen atoms in total. The zero-order valence-corrected chi connectivity index (χ0v) is 15.0. The number of aliphatic imine (C=N–C) groups is 1. The van der Waals surface area contributed by atoms with Crippen molar-refractivity contribution in [3.8, 4) is 0 Å². The third-order valence-electron chi connectivity index (χ3n) is 3.90. The minimum atomic E-state index is 0.0815. The van der Waals surface area contributed by atoms with E-state index in [-0.39, 0.29) is 11.2 Å². The number of para-hydroxylation sites is 2. The van der Waals surface area contributed by atoms with Crippen LogP contribution in [-0.4, -0.2) is 11.1 Å². The first-order valence-corrected chi connectivity index (χ1v) is 9.79. The molecule has 4 rings (SSSR count). The van der Waals surface area contributed by atoms with Gasteiger partial charge in [-0.1, -0.05) is 54.2 Å². The minimum Gasteiger partial charge on any atom is -0.274 e. The fourth-order valence-corrected chi connectivity index (χ4v) is 4.90. The lowest BCUT2D eigenvalue weighted by molar-refractivity contribution is -0.117. The summed E-state index contributed by atoms with van der Waals surface area (Å²) in [5, 5.41) is 2.90. The fraction of sp³-hybridized carbons (Fsp3) is 0.100. The van der Waals surface area contributed by atoms with Gasteiger partial charge in [0, 0.05) is 11.3 Å². The third kappa shape index (κ3) is 3.52. The molecule has 0 aliphatic carbocycles. The lowest BCUT2D eigenvalue weighted by Crippen LogP contribution is -2.40. The topological polar surface area (TPSA) is 32.7 Å². The first kappa shape index (κ1) is 16.1. The molecule has 2 heterocycles. The summed E-state index contributed by atoms with van der Waals surface area (Å²) in [6.07, 6.45) is 0.480. The number of benzene rings is 2. The van der Waals surface area contributed by atoms with Crippen LogP contribution in [0.4, 0.5) is 11.4 Å². The molecule has 0 spiro atoms. The van der Waals surface area contributed by atoms with Gasteiger partial charge in [-0.2, -0.15) is 0 Å². The van der Waals surface area contributed by atoms with Gasteiger partial charge in [0.25, 0.3) is 0 Å². The first-order chi connectivity index (χ1) is 12.3. The van der Waals surface area contributed by atoms with Crippen LogP contribution >= 0.6 is 23.1 Å². The molecule has 25 heavy (non-hydrogen) atoms. The minimum absolute atomic E-state index is 0.0815. The lowest BCUT2D eigenvalue weighted by Gasteiger charge is -2.32. The standard InChI is InChI=1S/C20H16N2OS2/c23-19-14-18(17-12-7-13-24-17)25-20(21-15-8-3-1-4-9-15)22(19)16-10-5-2-6-11-16/h1-13,18H,14H2. The van der Waals surface area contributed by atoms with Crippen LogP contribution in [0.2, 0.25) is 0 Å². The summed E-state index contributed by atoms with van der Waals surface area (Å²) in [7, 11) is 0. The van der Waals surface area contributed by atoms with Gasteiger partial charge in [-0.25, -0.2) is 4.99 Å². The van der Waals surface area contributed by atoms with Gasteiger partial charge in [-0.15, -0.1) is 11.3 Å². The molecule has 1 aromatic heterocycles. The van der Waals surface area contributed by atoms with E-state index in [1.807, 2.05) is 66.7 Å². The quantitative estimate of drug-likeness (QED) is 0.602. The van der Waals surface area contributed by atoms with Crippen molar-refractivity contribution in [2.24, 2.45) is 4.99 Å². The number of amidine groups is 1. The Balaban J connectivity index is 1.75. The summed E-state index contributed by atoms with van der Waals surface area (Å²) in [6, 6.07) is 23.6. The summed E-state index contributed by atoms with van der Waals surface area (Å²) in [5.41, 5.74) is 1.71. The van der Waals surface area contributed by atoms with Crippen molar-refractivity contribution in [2.75, 3.05) is 4.90 Å². The van der Waals surface area contributed by atoms with E-state index in [9.17, 15) is 4.79 Å². The normalized spacial score (nSPS) is 19.4. The Kier molecular flexibility index (Phi) is 4.68. The van der Waals surface area contributed by atoms with E-state index in [0.717, 1.165) is 16.5 Å². The van der Waals surface area contributed by atoms with Crippen LogP contribution < -0.4 is 4.90 Å². The zero-order valence-electron chi connectivity index (χ0n) is 13.4. The number of thioether (sulfide) groups is 1. The number of hydrogen-bond acceptors (Lipinski definition) is 4. The molecule has 0 saturated carbocycles. The van der Waals surface area contributed by atoms with E-state index in [2.05, 4.69) is 11.4 Å². The first-order valence-electron chi connectivity index (χ1n) is 8.03. The Labute approximate surface area is 155 Å². The van der Waals surface area contributed by atoms with E-state index in [0.29, 0.717) is 6.42 Å². The van der Waals surface area contributed by atoms with E-state index in [4.69, 9.17) is 4.99 Å². The molecule has 1 aliphatic rings. The summed E-state index contributed by atoms with van der Waals surface area (Å²) in [6.45, 7) is 0. The van der Waals surface area contributed by atoms with E-state index >= 15 is 0 Å². The van der Waals surface area contributed by atoms with Gasteiger partial charge in [0.2, 0.25) is 5.91 Å². The van der Waals surface area contributed by atoms with Crippen molar-refractivity contribution in [3.05, 3.63) is 83.1 Å². The maximum Gasteiger partial charge on any atom is 0.234 e. The monoisotopic (exact) mass is 364 g/mol. The number of nitrogens with zero attached hydrogens (tertiary/aromatic N) is 2. The highest BCUT2D eigenvalue weighted by Gasteiger charge is 2.34. The molecule has 0 radical (unpaired) electrons. The van der Waals surface area contributed by atoms with Crippen molar-refractivity contribution in [3.63, 3.8) is 0 Å². The molecule has 1 unspecified atom stereocenters. The van der Waals surface area contributed by atoms with Gasteiger partial charge in [-0.3, -0.25) is 9.69 Å². The molecule has 2 aromatic carbocycles. The van der Waals surface area contributed by atoms with Gasteiger partial charge >= 0.3 is 0 Å². The van der Waals surface area contributed by atoms with Gasteiger partial charge in [0.1, 0.15) is 0 Å². The van der Waals surface area contributed by atoms with E-state index in [1.54, 1.807) is 28.0 Å². The average molecular weight is 364 g/mol. The molecule has 5 heteroatoms. The number of hydrogen-bond donors (Lipinski definition) is 0. The second kappa shape index (κ2) is 7.25. The average Bonchev–Trinajstić information content (AvgIpc) is 3.18. The Morgan fingerprint density at radius 3 is 2.32 bits per heavy atom. The largest absolute Gasteiger partial charge is 0.274 e. The Morgan fingerprint density at radius 2 is 1.64 bits per heavy atom. The van der Waals surface area contributed by atoms with Crippen LogP contribution in [0.1, 0.15) is 16.5 Å². The van der Waals surface area contributed by atoms with Crippen LogP contribution in [0.25, 0.3) is 0 Å². The molecule has 0 bridgehead atoms. The van der Waals surface area contributed by atoms with Crippen LogP contribution in [-0.2, 0) is 4.79 Å². The predicted octanol–water partition coefficient (Wildman–Crippen LogP) is 5.65. The molecule has 3 aromatic rings. The molecule has 1 saturated heterocycles. The number of rotatable bonds is 3. The second-order valence-corrected chi connectivity index (χ2v) is 7.77. The number of carbonyl (C=O) groups is 1. The Morgan fingerprint density at radius 1 is 0.920 bits per heavy atom. The molecule has 1 atom stereocenters. The van der Waals surface area contributed by atoms with Gasteiger partial charge in [0.05, 0.1) is 16.6 Å².